The molecule has 1 aliphatic rings. The number of amides is 2. The molecule has 3 N–H and O–H groups in total. The average molecular weight is 285 g/mol. The Morgan fingerprint density at radius 2 is 1.70 bits per heavy atom. The number of aliphatic hydroxyl groups excluding tert-OH is 1. The van der Waals surface area contributed by atoms with Crippen LogP contribution in [0.25, 0.3) is 0 Å². The number of hydrogen-bond acceptors (Lipinski definition) is 3. The average Bonchev–Trinajstić information content (AvgIpc) is 2.37. The molecule has 0 bridgehead atoms. The lowest BCUT2D eigenvalue weighted by atomic mass is 9.92. The van der Waals surface area contributed by atoms with Crippen molar-refractivity contribution in [3.8, 4) is 0 Å². The number of carbonyl (C=O) groups excluding carboxylic acids is 1. The fraction of sp³-hybridized carbons (Fsp3) is 0.933. The second kappa shape index (κ2) is 10.00. The highest BCUT2D eigenvalue weighted by molar-refractivity contribution is 5.73. The van der Waals surface area contributed by atoms with Gasteiger partial charge in [-0.1, -0.05) is 13.8 Å². The number of nitrogens with zero attached hydrogens (tertiary/aromatic N) is 1. The van der Waals surface area contributed by atoms with Crippen LogP contribution < -0.4 is 10.6 Å². The summed E-state index contributed by atoms with van der Waals surface area (Å²) in [6, 6.07) is -0.126. The van der Waals surface area contributed by atoms with Crippen molar-refractivity contribution in [3.05, 3.63) is 0 Å². The predicted molar refractivity (Wildman–Crippen MR) is 81.7 cm³/mol. The molecule has 2 atom stereocenters. The van der Waals surface area contributed by atoms with Crippen LogP contribution in [0, 0.1) is 11.8 Å². The molecule has 5 heteroatoms. The van der Waals surface area contributed by atoms with Crippen LogP contribution in [-0.2, 0) is 0 Å². The number of likely N-dealkylation sites (tertiary alicyclic amines) is 1. The smallest absolute Gasteiger partial charge is 0.314 e. The van der Waals surface area contributed by atoms with Gasteiger partial charge in [-0.3, -0.25) is 0 Å². The molecule has 0 aromatic rings. The molecule has 0 aliphatic carbocycles. The molecular formula is C15H31N3O2. The fourth-order valence-corrected chi connectivity index (χ4v) is 2.98. The van der Waals surface area contributed by atoms with E-state index in [0.717, 1.165) is 37.8 Å². The van der Waals surface area contributed by atoms with E-state index in [-0.39, 0.29) is 12.6 Å². The Kier molecular flexibility index (Phi) is 8.62. The molecule has 118 valence electrons. The maximum atomic E-state index is 11.4. The number of rotatable bonds is 8. The van der Waals surface area contributed by atoms with Gasteiger partial charge in [0.25, 0.3) is 0 Å². The molecule has 1 aliphatic heterocycles. The molecule has 2 amide bonds. The lowest BCUT2D eigenvalue weighted by molar-refractivity contribution is 0.139. The number of urea groups is 1. The third-order valence-electron chi connectivity index (χ3n) is 3.75. The van der Waals surface area contributed by atoms with Crippen molar-refractivity contribution >= 4 is 6.03 Å². The molecule has 0 aromatic heterocycles. The van der Waals surface area contributed by atoms with Crippen LogP contribution in [-0.4, -0.2) is 55.4 Å². The lowest BCUT2D eigenvalue weighted by Crippen LogP contribution is -2.39. The van der Waals surface area contributed by atoms with Crippen LogP contribution in [0.5, 0.6) is 0 Å². The van der Waals surface area contributed by atoms with Gasteiger partial charge in [0.1, 0.15) is 0 Å². The van der Waals surface area contributed by atoms with Gasteiger partial charge in [-0.15, -0.1) is 0 Å². The minimum atomic E-state index is -0.126. The molecule has 5 nitrogen and oxygen atoms in total. The van der Waals surface area contributed by atoms with Crippen LogP contribution in [0.4, 0.5) is 4.79 Å². The SMILES string of the molecule is CC1CC(C)CN(CCCCNC(=O)NCCCO)C1. The lowest BCUT2D eigenvalue weighted by Gasteiger charge is -2.34. The number of piperidine rings is 1. The Hall–Kier alpha value is -0.810. The monoisotopic (exact) mass is 285 g/mol. The van der Waals surface area contributed by atoms with Gasteiger partial charge >= 0.3 is 6.03 Å². The summed E-state index contributed by atoms with van der Waals surface area (Å²) in [4.78, 5) is 13.9. The van der Waals surface area contributed by atoms with Crippen molar-refractivity contribution in [2.45, 2.75) is 39.5 Å². The molecule has 2 unspecified atom stereocenters. The highest BCUT2D eigenvalue weighted by atomic mass is 16.3. The highest BCUT2D eigenvalue weighted by Gasteiger charge is 2.20. The molecule has 20 heavy (non-hydrogen) atoms. The molecule has 0 spiro atoms. The van der Waals surface area contributed by atoms with Crippen molar-refractivity contribution in [1.29, 1.82) is 0 Å². The van der Waals surface area contributed by atoms with Crippen LogP contribution in [0.3, 0.4) is 0 Å². The number of nitrogens with one attached hydrogen (secondary N) is 2. The van der Waals surface area contributed by atoms with Crippen LogP contribution in [0.1, 0.15) is 39.5 Å². The zero-order valence-corrected chi connectivity index (χ0v) is 13.0. The summed E-state index contributed by atoms with van der Waals surface area (Å²) in [5.74, 6) is 1.63. The maximum absolute atomic E-state index is 11.4. The van der Waals surface area contributed by atoms with Crippen LogP contribution in [0.15, 0.2) is 0 Å². The van der Waals surface area contributed by atoms with Crippen molar-refractivity contribution in [2.75, 3.05) is 39.3 Å². The largest absolute Gasteiger partial charge is 0.396 e. The second-order valence-corrected chi connectivity index (χ2v) is 6.17. The van der Waals surface area contributed by atoms with Gasteiger partial charge in [0.2, 0.25) is 0 Å². The normalized spacial score (nSPS) is 23.6. The van der Waals surface area contributed by atoms with E-state index in [1.54, 1.807) is 0 Å². The highest BCUT2D eigenvalue weighted by Crippen LogP contribution is 2.20. The molecule has 0 aromatic carbocycles. The molecule has 0 saturated carbocycles. The van der Waals surface area contributed by atoms with E-state index >= 15 is 0 Å². The van der Waals surface area contributed by atoms with E-state index in [1.807, 2.05) is 0 Å². The zero-order chi connectivity index (χ0) is 14.8. The number of carbonyl (C=O) groups is 1. The quantitative estimate of drug-likeness (QED) is 0.591. The summed E-state index contributed by atoms with van der Waals surface area (Å²) in [6.07, 6.45) is 4.12. The summed E-state index contributed by atoms with van der Waals surface area (Å²) in [7, 11) is 0. The van der Waals surface area contributed by atoms with Gasteiger partial charge in [-0.25, -0.2) is 4.79 Å². The zero-order valence-electron chi connectivity index (χ0n) is 13.0. The van der Waals surface area contributed by atoms with E-state index in [1.165, 1.54) is 19.5 Å². The second-order valence-electron chi connectivity index (χ2n) is 6.17. The van der Waals surface area contributed by atoms with Crippen molar-refractivity contribution in [1.82, 2.24) is 15.5 Å². The van der Waals surface area contributed by atoms with Gasteiger partial charge in [0.05, 0.1) is 0 Å². The van der Waals surface area contributed by atoms with Crippen LogP contribution in [0.2, 0.25) is 0 Å². The van der Waals surface area contributed by atoms with Gasteiger partial charge < -0.3 is 20.6 Å². The minimum absolute atomic E-state index is 0.118. The maximum Gasteiger partial charge on any atom is 0.314 e. The van der Waals surface area contributed by atoms with E-state index < -0.39 is 0 Å². The Labute approximate surface area is 123 Å². The summed E-state index contributed by atoms with van der Waals surface area (Å²) < 4.78 is 0. The molecule has 1 rings (SSSR count). The number of aliphatic hydroxyl groups is 1. The van der Waals surface area contributed by atoms with Crippen molar-refractivity contribution in [2.24, 2.45) is 11.8 Å². The van der Waals surface area contributed by atoms with E-state index in [0.29, 0.717) is 13.0 Å². The third kappa shape index (κ3) is 7.70. The first-order valence-electron chi connectivity index (χ1n) is 7.96. The van der Waals surface area contributed by atoms with Gasteiger partial charge in [0.15, 0.2) is 0 Å². The fourth-order valence-electron chi connectivity index (χ4n) is 2.98. The Balaban J connectivity index is 1.97. The predicted octanol–water partition coefficient (Wildman–Crippen LogP) is 1.43. The van der Waals surface area contributed by atoms with E-state index in [4.69, 9.17) is 5.11 Å². The molecule has 1 fully saturated rings. The molecule has 0 radical (unpaired) electrons. The minimum Gasteiger partial charge on any atom is -0.396 e. The van der Waals surface area contributed by atoms with Gasteiger partial charge in [-0.2, -0.15) is 0 Å². The van der Waals surface area contributed by atoms with Crippen LogP contribution >= 0.6 is 0 Å². The van der Waals surface area contributed by atoms with E-state index in [9.17, 15) is 4.79 Å². The van der Waals surface area contributed by atoms with Crippen molar-refractivity contribution < 1.29 is 9.90 Å². The van der Waals surface area contributed by atoms with Gasteiger partial charge in [-0.05, 0) is 44.1 Å². The van der Waals surface area contributed by atoms with E-state index in [2.05, 4.69) is 29.4 Å². The van der Waals surface area contributed by atoms with Crippen molar-refractivity contribution in [3.63, 3.8) is 0 Å². The van der Waals surface area contributed by atoms with Gasteiger partial charge in [0, 0.05) is 32.8 Å². The Morgan fingerprint density at radius 3 is 2.30 bits per heavy atom. The number of hydrogen-bond donors (Lipinski definition) is 3. The summed E-state index contributed by atoms with van der Waals surface area (Å²) in [5, 5.41) is 14.2. The first-order valence-corrected chi connectivity index (χ1v) is 7.96. The Bertz CT molecular complexity index is 264. The first-order chi connectivity index (χ1) is 9.61. The molecule has 1 saturated heterocycles. The Morgan fingerprint density at radius 1 is 1.10 bits per heavy atom. The summed E-state index contributed by atoms with van der Waals surface area (Å²) >= 11 is 0. The topological polar surface area (TPSA) is 64.6 Å². The summed E-state index contributed by atoms with van der Waals surface area (Å²) in [6.45, 7) is 9.63. The summed E-state index contributed by atoms with van der Waals surface area (Å²) in [5.41, 5.74) is 0. The molecule has 1 heterocycles. The standard InChI is InChI=1S/C15H31N3O2/c1-13-10-14(2)12-18(11-13)8-4-3-6-16-15(20)17-7-5-9-19/h13-14,19H,3-12H2,1-2H3,(H2,16,17,20). The molecular weight excluding hydrogens is 254 g/mol. The number of unbranched alkanes of at least 4 members (excludes halogenated alkanes) is 1. The first kappa shape index (κ1) is 17.2. The third-order valence-corrected chi connectivity index (χ3v) is 3.75.